The van der Waals surface area contributed by atoms with Crippen molar-refractivity contribution in [1.82, 2.24) is 10.2 Å². The van der Waals surface area contributed by atoms with Gasteiger partial charge in [0.05, 0.1) is 11.8 Å². The molecule has 1 saturated heterocycles. The summed E-state index contributed by atoms with van der Waals surface area (Å²) in [6.07, 6.45) is 11.2. The number of ketones is 1. The number of unbranched alkanes of at least 4 members (excludes halogenated alkanes) is 1. The number of nitrogens with zero attached hydrogens (tertiary/aromatic N) is 1. The summed E-state index contributed by atoms with van der Waals surface area (Å²) < 4.78 is 0. The Morgan fingerprint density at radius 1 is 1.00 bits per heavy atom. The lowest BCUT2D eigenvalue weighted by Crippen LogP contribution is -2.42. The summed E-state index contributed by atoms with van der Waals surface area (Å²) in [7, 11) is 0. The molecular weight excluding hydrogens is 414 g/mol. The van der Waals surface area contributed by atoms with Gasteiger partial charge in [-0.25, -0.2) is 0 Å². The van der Waals surface area contributed by atoms with Crippen LogP contribution >= 0.6 is 0 Å². The first kappa shape index (κ1) is 22.3. The second-order valence-corrected chi connectivity index (χ2v) is 10.4. The van der Waals surface area contributed by atoms with Gasteiger partial charge in [-0.05, 0) is 94.5 Å². The van der Waals surface area contributed by atoms with E-state index in [0.717, 1.165) is 32.2 Å². The molecule has 4 atom stereocenters. The summed E-state index contributed by atoms with van der Waals surface area (Å²) in [4.78, 5) is 40.9. The molecule has 0 aromatic heterocycles. The molecule has 1 aromatic rings. The molecule has 1 spiro atoms. The maximum atomic E-state index is 13.4. The highest BCUT2D eigenvalue weighted by Crippen LogP contribution is 2.72. The standard InChI is InChI=1S/C27H35N3O3/c1-18(31)19-7-6-8-20(17-19)29-26(33)24-22-10-9-21(27(22)11-12-27)23(24)25(32)28-13-2-3-14-30-15-4-5-16-30/h6-10,17,21-24H,2-5,11-16H2,1H3,(H,28,32)(H,29,33)/t21-,22+,23-,24-/m1/s1. The Kier molecular flexibility index (Phi) is 6.12. The molecule has 1 aromatic carbocycles. The molecule has 33 heavy (non-hydrogen) atoms. The Morgan fingerprint density at radius 3 is 2.36 bits per heavy atom. The average molecular weight is 450 g/mol. The molecule has 3 fully saturated rings. The molecule has 5 rings (SSSR count). The highest BCUT2D eigenvalue weighted by atomic mass is 16.2. The van der Waals surface area contributed by atoms with Gasteiger partial charge in [0.2, 0.25) is 11.8 Å². The number of carbonyl (C=O) groups is 3. The minimum Gasteiger partial charge on any atom is -0.356 e. The highest BCUT2D eigenvalue weighted by Gasteiger charge is 2.69. The van der Waals surface area contributed by atoms with E-state index in [4.69, 9.17) is 0 Å². The third kappa shape index (κ3) is 4.25. The first-order valence-electron chi connectivity index (χ1n) is 12.6. The molecule has 176 valence electrons. The van der Waals surface area contributed by atoms with Crippen molar-refractivity contribution in [3.63, 3.8) is 0 Å². The SMILES string of the molecule is CC(=O)c1cccc(NC(=O)[C@H]2[C@H](C(=O)NCCCCN3CCCC3)[C@H]3C=C[C@@H]2C32CC2)c1. The number of anilines is 1. The zero-order valence-electron chi connectivity index (χ0n) is 19.5. The van der Waals surface area contributed by atoms with Crippen LogP contribution in [-0.4, -0.2) is 48.7 Å². The summed E-state index contributed by atoms with van der Waals surface area (Å²) in [5.74, 6) is -0.487. The number of likely N-dealkylation sites (tertiary alicyclic amines) is 1. The van der Waals surface area contributed by atoms with Crippen LogP contribution in [0.25, 0.3) is 0 Å². The van der Waals surface area contributed by atoms with E-state index in [9.17, 15) is 14.4 Å². The molecule has 2 N–H and O–H groups in total. The van der Waals surface area contributed by atoms with Crippen molar-refractivity contribution in [1.29, 1.82) is 0 Å². The summed E-state index contributed by atoms with van der Waals surface area (Å²) in [5.41, 5.74) is 1.30. The van der Waals surface area contributed by atoms with Gasteiger partial charge in [-0.3, -0.25) is 14.4 Å². The minimum absolute atomic E-state index is 0.0249. The van der Waals surface area contributed by atoms with Crippen molar-refractivity contribution in [3.05, 3.63) is 42.0 Å². The van der Waals surface area contributed by atoms with Gasteiger partial charge >= 0.3 is 0 Å². The van der Waals surface area contributed by atoms with Crippen LogP contribution in [0, 0.1) is 29.1 Å². The molecule has 0 radical (unpaired) electrons. The van der Waals surface area contributed by atoms with Crippen molar-refractivity contribution < 1.29 is 14.4 Å². The second-order valence-electron chi connectivity index (χ2n) is 10.4. The second kappa shape index (κ2) is 9.05. The van der Waals surface area contributed by atoms with Crippen LogP contribution in [0.2, 0.25) is 0 Å². The minimum atomic E-state index is -0.354. The van der Waals surface area contributed by atoms with E-state index >= 15 is 0 Å². The fraction of sp³-hybridized carbons (Fsp3) is 0.593. The van der Waals surface area contributed by atoms with Gasteiger partial charge in [-0.2, -0.15) is 0 Å². The Labute approximate surface area is 196 Å². The summed E-state index contributed by atoms with van der Waals surface area (Å²) in [6.45, 7) is 5.71. The Balaban J connectivity index is 1.22. The Hall–Kier alpha value is -2.47. The number of carbonyl (C=O) groups excluding carboxylic acids is 3. The average Bonchev–Trinajstić information content (AvgIpc) is 3.16. The quantitative estimate of drug-likeness (QED) is 0.343. The molecule has 2 saturated carbocycles. The predicted octanol–water partition coefficient (Wildman–Crippen LogP) is 3.65. The largest absolute Gasteiger partial charge is 0.356 e. The maximum Gasteiger partial charge on any atom is 0.228 e. The van der Waals surface area contributed by atoms with Crippen molar-refractivity contribution in [2.75, 3.05) is 31.5 Å². The van der Waals surface area contributed by atoms with Gasteiger partial charge in [0, 0.05) is 17.8 Å². The Morgan fingerprint density at radius 2 is 1.70 bits per heavy atom. The van der Waals surface area contributed by atoms with Crippen LogP contribution in [0.1, 0.15) is 55.8 Å². The topological polar surface area (TPSA) is 78.5 Å². The van der Waals surface area contributed by atoms with Gasteiger partial charge < -0.3 is 15.5 Å². The van der Waals surface area contributed by atoms with Crippen molar-refractivity contribution >= 4 is 23.3 Å². The van der Waals surface area contributed by atoms with Crippen LogP contribution in [0.15, 0.2) is 36.4 Å². The molecule has 2 bridgehead atoms. The van der Waals surface area contributed by atoms with Crippen LogP contribution in [0.4, 0.5) is 5.69 Å². The molecule has 6 nitrogen and oxygen atoms in total. The lowest BCUT2D eigenvalue weighted by molar-refractivity contribution is -0.132. The monoisotopic (exact) mass is 449 g/mol. The number of hydrogen-bond donors (Lipinski definition) is 2. The van der Waals surface area contributed by atoms with Crippen molar-refractivity contribution in [2.24, 2.45) is 29.1 Å². The highest BCUT2D eigenvalue weighted by molar-refractivity contribution is 6.00. The van der Waals surface area contributed by atoms with E-state index < -0.39 is 0 Å². The Bertz CT molecular complexity index is 961. The fourth-order valence-corrected chi connectivity index (χ4v) is 6.55. The number of hydrogen-bond acceptors (Lipinski definition) is 4. The molecule has 1 aliphatic heterocycles. The van der Waals surface area contributed by atoms with Gasteiger partial charge in [0.25, 0.3) is 0 Å². The lowest BCUT2D eigenvalue weighted by atomic mass is 9.81. The molecule has 6 heteroatoms. The molecule has 4 aliphatic rings. The first-order valence-corrected chi connectivity index (χ1v) is 12.6. The van der Waals surface area contributed by atoms with E-state index in [1.54, 1.807) is 24.3 Å². The van der Waals surface area contributed by atoms with E-state index in [-0.39, 0.29) is 46.7 Å². The summed E-state index contributed by atoms with van der Waals surface area (Å²) in [6, 6.07) is 7.04. The van der Waals surface area contributed by atoms with Gasteiger partial charge in [0.1, 0.15) is 0 Å². The van der Waals surface area contributed by atoms with E-state index in [1.807, 2.05) is 0 Å². The number of benzene rings is 1. The number of allylic oxidation sites excluding steroid dienone is 2. The van der Waals surface area contributed by atoms with Crippen LogP contribution in [0.3, 0.4) is 0 Å². The van der Waals surface area contributed by atoms with E-state index in [1.165, 1.54) is 32.9 Å². The first-order chi connectivity index (χ1) is 16.0. The maximum absolute atomic E-state index is 13.4. The van der Waals surface area contributed by atoms with Crippen molar-refractivity contribution in [3.8, 4) is 0 Å². The van der Waals surface area contributed by atoms with E-state index in [2.05, 4.69) is 27.7 Å². The number of rotatable bonds is 9. The molecule has 0 unspecified atom stereocenters. The molecule has 3 aliphatic carbocycles. The van der Waals surface area contributed by atoms with Gasteiger partial charge in [0.15, 0.2) is 5.78 Å². The smallest absolute Gasteiger partial charge is 0.228 e. The van der Waals surface area contributed by atoms with Crippen LogP contribution in [0.5, 0.6) is 0 Å². The fourth-order valence-electron chi connectivity index (χ4n) is 6.55. The third-order valence-electron chi connectivity index (χ3n) is 8.38. The number of amides is 2. The normalized spacial score (nSPS) is 28.9. The zero-order valence-corrected chi connectivity index (χ0v) is 19.5. The number of nitrogens with one attached hydrogen (secondary N) is 2. The summed E-state index contributed by atoms with van der Waals surface area (Å²) in [5, 5.41) is 6.17. The van der Waals surface area contributed by atoms with Gasteiger partial charge in [-0.15, -0.1) is 0 Å². The van der Waals surface area contributed by atoms with Gasteiger partial charge in [-0.1, -0.05) is 24.3 Å². The summed E-state index contributed by atoms with van der Waals surface area (Å²) >= 11 is 0. The predicted molar refractivity (Wildman–Crippen MR) is 128 cm³/mol. The third-order valence-corrected chi connectivity index (χ3v) is 8.38. The van der Waals surface area contributed by atoms with Crippen LogP contribution < -0.4 is 10.6 Å². The number of Topliss-reactive ketones (excluding diaryl/α,β-unsaturated/α-hetero) is 1. The molecule has 2 amide bonds. The van der Waals surface area contributed by atoms with Crippen LogP contribution in [-0.2, 0) is 9.59 Å². The van der Waals surface area contributed by atoms with Crippen molar-refractivity contribution in [2.45, 2.75) is 45.4 Å². The molecular formula is C27H35N3O3. The lowest BCUT2D eigenvalue weighted by Gasteiger charge is -2.26. The molecule has 1 heterocycles. The van der Waals surface area contributed by atoms with E-state index in [0.29, 0.717) is 17.8 Å². The zero-order chi connectivity index (χ0) is 23.0.